The molecule has 152 valence electrons. The van der Waals surface area contributed by atoms with Gasteiger partial charge in [-0.05, 0) is 36.4 Å². The third-order valence-electron chi connectivity index (χ3n) is 4.79. The molecule has 1 heterocycles. The van der Waals surface area contributed by atoms with Gasteiger partial charge in [-0.2, -0.15) is 4.57 Å². The van der Waals surface area contributed by atoms with Crippen molar-refractivity contribution in [3.63, 3.8) is 0 Å². The Bertz CT molecular complexity index is 1030. The molecule has 0 saturated heterocycles. The second-order valence-corrected chi connectivity index (χ2v) is 6.38. The molecule has 1 aromatic heterocycles. The smallest absolute Gasteiger partial charge is 0.213 e. The Morgan fingerprint density at radius 3 is 2.28 bits per heavy atom. The third kappa shape index (κ3) is 4.12. The number of rotatable bonds is 8. The van der Waals surface area contributed by atoms with Crippen LogP contribution < -0.4 is 29.2 Å². The van der Waals surface area contributed by atoms with Crippen LogP contribution in [0.25, 0.3) is 23.1 Å². The highest BCUT2D eigenvalue weighted by Gasteiger charge is 2.16. The summed E-state index contributed by atoms with van der Waals surface area (Å²) in [6.07, 6.45) is 4.04. The van der Waals surface area contributed by atoms with E-state index in [1.54, 1.807) is 28.4 Å². The minimum Gasteiger partial charge on any atom is -0.497 e. The van der Waals surface area contributed by atoms with Crippen LogP contribution in [0.5, 0.6) is 23.0 Å². The molecule has 3 rings (SSSR count). The summed E-state index contributed by atoms with van der Waals surface area (Å²) in [6, 6.07) is 14.0. The highest BCUT2D eigenvalue weighted by molar-refractivity contribution is 5.80. The quantitative estimate of drug-likeness (QED) is 0.593. The molecule has 6 heteroatoms. The Kier molecular flexibility index (Phi) is 6.57. The molecule has 0 bridgehead atoms. The number of pyridine rings is 1. The monoisotopic (exact) mass is 395 g/mol. The molecule has 0 unspecified atom stereocenters. The first-order valence-electron chi connectivity index (χ1n) is 9.34. The third-order valence-corrected chi connectivity index (χ3v) is 4.79. The van der Waals surface area contributed by atoms with Crippen LogP contribution in [0.2, 0.25) is 0 Å². The zero-order valence-electron chi connectivity index (χ0n) is 17.3. The Morgan fingerprint density at radius 1 is 0.828 bits per heavy atom. The van der Waals surface area contributed by atoms with E-state index in [9.17, 15) is 0 Å². The lowest BCUT2D eigenvalue weighted by atomic mass is 10.1. The summed E-state index contributed by atoms with van der Waals surface area (Å²) in [5.41, 5.74) is 8.89. The van der Waals surface area contributed by atoms with E-state index >= 15 is 0 Å². The number of benzene rings is 2. The van der Waals surface area contributed by atoms with Crippen molar-refractivity contribution in [2.45, 2.75) is 6.54 Å². The predicted octanol–water partition coefficient (Wildman–Crippen LogP) is 3.29. The van der Waals surface area contributed by atoms with E-state index in [1.807, 2.05) is 36.4 Å². The molecule has 0 radical (unpaired) electrons. The maximum absolute atomic E-state index is 5.88. The molecule has 2 N–H and O–H groups in total. The molecule has 0 aliphatic carbocycles. The normalized spacial score (nSPS) is 11.1. The molecule has 0 spiro atoms. The Labute approximate surface area is 171 Å². The van der Waals surface area contributed by atoms with E-state index < -0.39 is 0 Å². The number of nitrogens with zero attached hydrogens (tertiary/aromatic N) is 1. The minimum absolute atomic E-state index is 0.538. The maximum atomic E-state index is 5.88. The average molecular weight is 395 g/mol. The van der Waals surface area contributed by atoms with Gasteiger partial charge in [0.05, 0.1) is 40.4 Å². The van der Waals surface area contributed by atoms with Crippen molar-refractivity contribution in [1.29, 1.82) is 0 Å². The van der Waals surface area contributed by atoms with E-state index in [0.29, 0.717) is 30.3 Å². The average Bonchev–Trinajstić information content (AvgIpc) is 2.77. The lowest BCUT2D eigenvalue weighted by Gasteiger charge is -2.14. The largest absolute Gasteiger partial charge is 0.497 e. The van der Waals surface area contributed by atoms with Crippen molar-refractivity contribution in [3.8, 4) is 23.0 Å². The minimum atomic E-state index is 0.538. The number of hydrogen-bond acceptors (Lipinski definition) is 5. The fraction of sp³-hybridized carbons (Fsp3) is 0.261. The van der Waals surface area contributed by atoms with Crippen molar-refractivity contribution in [3.05, 3.63) is 53.7 Å². The van der Waals surface area contributed by atoms with Crippen molar-refractivity contribution < 1.29 is 23.5 Å². The SMILES string of the molecule is COc1ccc2c(ccc(/C=C/c3ccc(OC)c(OC)c3OC)[n+]2CCN)c1. The molecular formula is C23H27N2O4+. The van der Waals surface area contributed by atoms with E-state index in [-0.39, 0.29) is 0 Å². The molecule has 0 aliphatic rings. The van der Waals surface area contributed by atoms with Gasteiger partial charge in [-0.3, -0.25) is 0 Å². The van der Waals surface area contributed by atoms with E-state index in [2.05, 4.69) is 22.8 Å². The first-order chi connectivity index (χ1) is 14.2. The topological polar surface area (TPSA) is 66.8 Å². The highest BCUT2D eigenvalue weighted by atomic mass is 16.5. The zero-order valence-corrected chi connectivity index (χ0v) is 17.3. The van der Waals surface area contributed by atoms with Crippen LogP contribution in [0.4, 0.5) is 0 Å². The van der Waals surface area contributed by atoms with E-state index in [4.69, 9.17) is 24.7 Å². The van der Waals surface area contributed by atoms with Gasteiger partial charge >= 0.3 is 0 Å². The summed E-state index contributed by atoms with van der Waals surface area (Å²) in [6.45, 7) is 1.24. The van der Waals surface area contributed by atoms with Gasteiger partial charge < -0.3 is 24.7 Å². The second kappa shape index (κ2) is 9.30. The van der Waals surface area contributed by atoms with Crippen molar-refractivity contribution in [2.75, 3.05) is 35.0 Å². The summed E-state index contributed by atoms with van der Waals surface area (Å²) in [5.74, 6) is 2.64. The standard InChI is InChI=1S/C23H27N2O4/c1-26-19-10-11-20-17(15-19)6-9-18(25(20)14-13-24)8-5-16-7-12-21(27-2)23(29-4)22(16)28-3/h5-12,15H,13-14,24H2,1-4H3/q+1/b8-5+. The molecule has 0 aliphatic heterocycles. The van der Waals surface area contributed by atoms with Gasteiger partial charge in [-0.15, -0.1) is 0 Å². The highest BCUT2D eigenvalue weighted by Crippen LogP contribution is 2.40. The van der Waals surface area contributed by atoms with Gasteiger partial charge in [0.2, 0.25) is 17.0 Å². The Hall–Kier alpha value is -3.25. The number of aromatic nitrogens is 1. The predicted molar refractivity (Wildman–Crippen MR) is 115 cm³/mol. The summed E-state index contributed by atoms with van der Waals surface area (Å²) >= 11 is 0. The van der Waals surface area contributed by atoms with Crippen LogP contribution in [0, 0.1) is 0 Å². The van der Waals surface area contributed by atoms with E-state index in [1.165, 1.54) is 0 Å². The molecule has 0 fully saturated rings. The van der Waals surface area contributed by atoms with Crippen LogP contribution >= 0.6 is 0 Å². The molecule has 29 heavy (non-hydrogen) atoms. The molecule has 3 aromatic rings. The number of ether oxygens (including phenoxy) is 4. The van der Waals surface area contributed by atoms with Gasteiger partial charge in [-0.25, -0.2) is 0 Å². The summed E-state index contributed by atoms with van der Waals surface area (Å²) < 4.78 is 23.9. The van der Waals surface area contributed by atoms with Crippen LogP contribution in [0.3, 0.4) is 0 Å². The number of methoxy groups -OCH3 is 4. The lowest BCUT2D eigenvalue weighted by molar-refractivity contribution is -0.670. The molecular weight excluding hydrogens is 368 g/mol. The molecule has 2 aromatic carbocycles. The number of nitrogens with two attached hydrogens (primary N) is 1. The fourth-order valence-electron chi connectivity index (χ4n) is 3.40. The fourth-order valence-corrected chi connectivity index (χ4v) is 3.40. The van der Waals surface area contributed by atoms with Crippen LogP contribution in [0.15, 0.2) is 42.5 Å². The molecule has 0 atom stereocenters. The van der Waals surface area contributed by atoms with Crippen LogP contribution in [-0.4, -0.2) is 35.0 Å². The molecule has 0 saturated carbocycles. The molecule has 0 amide bonds. The Morgan fingerprint density at radius 2 is 1.62 bits per heavy atom. The van der Waals surface area contributed by atoms with Crippen molar-refractivity contribution >= 4 is 23.1 Å². The number of hydrogen-bond donors (Lipinski definition) is 1. The van der Waals surface area contributed by atoms with Gasteiger partial charge in [0.1, 0.15) is 5.75 Å². The first kappa shape index (κ1) is 20.5. The molecule has 6 nitrogen and oxygen atoms in total. The van der Waals surface area contributed by atoms with Gasteiger partial charge in [0.25, 0.3) is 0 Å². The number of fused-ring (bicyclic) bond motifs is 1. The van der Waals surface area contributed by atoms with Crippen LogP contribution in [-0.2, 0) is 6.54 Å². The summed E-state index contributed by atoms with van der Waals surface area (Å²) in [4.78, 5) is 0. The Balaban J connectivity index is 2.08. The second-order valence-electron chi connectivity index (χ2n) is 6.38. The maximum Gasteiger partial charge on any atom is 0.213 e. The van der Waals surface area contributed by atoms with Crippen molar-refractivity contribution in [2.24, 2.45) is 5.73 Å². The first-order valence-corrected chi connectivity index (χ1v) is 9.34. The summed E-state index contributed by atoms with van der Waals surface area (Å²) in [7, 11) is 6.49. The van der Waals surface area contributed by atoms with E-state index in [0.717, 1.165) is 27.9 Å². The van der Waals surface area contributed by atoms with Crippen LogP contribution in [0.1, 0.15) is 11.3 Å². The lowest BCUT2D eigenvalue weighted by Crippen LogP contribution is -2.41. The van der Waals surface area contributed by atoms with Gasteiger partial charge in [-0.1, -0.05) is 0 Å². The zero-order chi connectivity index (χ0) is 20.8. The van der Waals surface area contributed by atoms with Gasteiger partial charge in [0, 0.05) is 23.8 Å². The van der Waals surface area contributed by atoms with Crippen molar-refractivity contribution in [1.82, 2.24) is 0 Å². The van der Waals surface area contributed by atoms with Gasteiger partial charge in [0.15, 0.2) is 18.0 Å². The summed E-state index contributed by atoms with van der Waals surface area (Å²) in [5, 5.41) is 1.10.